The third-order valence-electron chi connectivity index (χ3n) is 2.18. The summed E-state index contributed by atoms with van der Waals surface area (Å²) in [5.74, 6) is 0. The summed E-state index contributed by atoms with van der Waals surface area (Å²) in [7, 11) is -6.35. The minimum atomic E-state index is -4.52. The van der Waals surface area contributed by atoms with E-state index in [1.165, 1.54) is 14.1 Å². The molecule has 1 aromatic carbocycles. The van der Waals surface area contributed by atoms with E-state index in [1.54, 1.807) is 0 Å². The van der Waals surface area contributed by atoms with Crippen molar-refractivity contribution in [3.05, 3.63) is 12.1 Å². The molecule has 0 radical (unpaired) electrons. The van der Waals surface area contributed by atoms with Crippen LogP contribution in [0.25, 0.3) is 0 Å². The Labute approximate surface area is 105 Å². The van der Waals surface area contributed by atoms with Crippen LogP contribution in [-0.4, -0.2) is 40.0 Å². The summed E-state index contributed by atoms with van der Waals surface area (Å²) >= 11 is 0. The van der Waals surface area contributed by atoms with E-state index < -0.39 is 30.0 Å². The second kappa shape index (κ2) is 4.72. The van der Waals surface area contributed by atoms with Crippen LogP contribution in [0, 0.1) is 0 Å². The van der Waals surface area contributed by atoms with Crippen LogP contribution in [0.15, 0.2) is 21.9 Å². The molecule has 0 spiro atoms. The average molecular weight is 296 g/mol. The minimum absolute atomic E-state index is 0.149. The third-order valence-corrected chi connectivity index (χ3v) is 3.96. The molecule has 0 atom stereocenters. The molecule has 0 amide bonds. The van der Waals surface area contributed by atoms with Gasteiger partial charge in [0.1, 0.15) is 9.79 Å². The van der Waals surface area contributed by atoms with Crippen molar-refractivity contribution in [2.24, 2.45) is 0 Å². The van der Waals surface area contributed by atoms with Gasteiger partial charge in [0.25, 0.3) is 20.2 Å². The lowest BCUT2D eigenvalue weighted by molar-refractivity contribution is 0.479. The monoisotopic (exact) mass is 296 g/mol. The number of benzene rings is 1. The van der Waals surface area contributed by atoms with Crippen LogP contribution in [0.2, 0.25) is 0 Å². The van der Waals surface area contributed by atoms with Crippen LogP contribution >= 0.6 is 0 Å². The van der Waals surface area contributed by atoms with Gasteiger partial charge in [-0.2, -0.15) is 16.8 Å². The smallest absolute Gasteiger partial charge is 0.296 e. The van der Waals surface area contributed by atoms with Gasteiger partial charge in [-0.1, -0.05) is 0 Å². The molecule has 4 N–H and O–H groups in total. The second-order valence-electron chi connectivity index (χ2n) is 3.29. The van der Waals surface area contributed by atoms with Gasteiger partial charge in [0.2, 0.25) is 0 Å². The first-order valence-electron chi connectivity index (χ1n) is 4.59. The van der Waals surface area contributed by atoms with Gasteiger partial charge in [0.05, 0.1) is 11.4 Å². The predicted octanol–water partition coefficient (Wildman–Crippen LogP) is 0.263. The van der Waals surface area contributed by atoms with Crippen LogP contribution in [0.1, 0.15) is 0 Å². The van der Waals surface area contributed by atoms with Gasteiger partial charge >= 0.3 is 0 Å². The zero-order chi connectivity index (χ0) is 14.1. The molecule has 0 aromatic heterocycles. The second-order valence-corrected chi connectivity index (χ2v) is 6.07. The largest absolute Gasteiger partial charge is 0.387 e. The minimum Gasteiger partial charge on any atom is -0.387 e. The first-order valence-corrected chi connectivity index (χ1v) is 7.47. The number of hydrogen-bond donors (Lipinski definition) is 4. The van der Waals surface area contributed by atoms with Crippen molar-refractivity contribution < 1.29 is 25.9 Å². The van der Waals surface area contributed by atoms with Crippen molar-refractivity contribution in [2.75, 3.05) is 24.7 Å². The maximum atomic E-state index is 11.1. The molecule has 18 heavy (non-hydrogen) atoms. The molecule has 0 fully saturated rings. The van der Waals surface area contributed by atoms with E-state index >= 15 is 0 Å². The standard InChI is InChI=1S/C8H12N2O6S2/c1-9-5-3-8(18(14,15)16)6(10-2)4-7(5)17(11,12)13/h3-4,9-10H,1-2H3,(H,11,12,13)(H,14,15,16). The van der Waals surface area contributed by atoms with E-state index in [0.717, 1.165) is 12.1 Å². The SMILES string of the molecule is CNc1cc(S(=O)(=O)O)c(NC)cc1S(=O)(=O)O. The van der Waals surface area contributed by atoms with E-state index in [0.29, 0.717) is 0 Å². The van der Waals surface area contributed by atoms with Gasteiger partial charge in [0.15, 0.2) is 0 Å². The Morgan fingerprint density at radius 1 is 0.833 bits per heavy atom. The Hall–Kier alpha value is -1.36. The lowest BCUT2D eigenvalue weighted by atomic mass is 10.3. The molecule has 0 aliphatic heterocycles. The van der Waals surface area contributed by atoms with Crippen LogP contribution in [0.4, 0.5) is 11.4 Å². The number of hydrogen-bond acceptors (Lipinski definition) is 6. The summed E-state index contributed by atoms with van der Waals surface area (Å²) in [5.41, 5.74) is -0.298. The van der Waals surface area contributed by atoms with Crippen molar-refractivity contribution in [2.45, 2.75) is 9.79 Å². The molecular weight excluding hydrogens is 284 g/mol. The maximum Gasteiger partial charge on any atom is 0.296 e. The van der Waals surface area contributed by atoms with E-state index in [1.807, 2.05) is 0 Å². The van der Waals surface area contributed by atoms with E-state index in [-0.39, 0.29) is 11.4 Å². The molecule has 8 nitrogen and oxygen atoms in total. The highest BCUT2D eigenvalue weighted by Crippen LogP contribution is 2.31. The van der Waals surface area contributed by atoms with Crippen molar-refractivity contribution in [1.82, 2.24) is 0 Å². The van der Waals surface area contributed by atoms with E-state index in [4.69, 9.17) is 9.11 Å². The molecule has 0 bridgehead atoms. The lowest BCUT2D eigenvalue weighted by Gasteiger charge is -2.12. The fraction of sp³-hybridized carbons (Fsp3) is 0.250. The Kier molecular flexibility index (Phi) is 3.86. The predicted molar refractivity (Wildman–Crippen MR) is 65.2 cm³/mol. The van der Waals surface area contributed by atoms with Crippen molar-refractivity contribution >= 4 is 31.6 Å². The molecule has 10 heteroatoms. The highest BCUT2D eigenvalue weighted by atomic mass is 32.2. The maximum absolute atomic E-state index is 11.1. The molecule has 0 aliphatic rings. The van der Waals surface area contributed by atoms with Gasteiger partial charge in [-0.05, 0) is 12.1 Å². The summed E-state index contributed by atoms with van der Waals surface area (Å²) in [6.07, 6.45) is 0. The topological polar surface area (TPSA) is 133 Å². The molecular formula is C8H12N2O6S2. The van der Waals surface area contributed by atoms with Gasteiger partial charge in [-0.25, -0.2) is 0 Å². The fourth-order valence-corrected chi connectivity index (χ4v) is 2.79. The van der Waals surface area contributed by atoms with Gasteiger partial charge in [0, 0.05) is 14.1 Å². The van der Waals surface area contributed by atoms with Crippen molar-refractivity contribution in [1.29, 1.82) is 0 Å². The normalized spacial score (nSPS) is 12.2. The molecule has 0 saturated heterocycles. The van der Waals surface area contributed by atoms with Crippen LogP contribution < -0.4 is 10.6 Å². The molecule has 0 saturated carbocycles. The van der Waals surface area contributed by atoms with E-state index in [2.05, 4.69) is 10.6 Å². The van der Waals surface area contributed by atoms with Gasteiger partial charge in [-0.3, -0.25) is 9.11 Å². The summed E-state index contributed by atoms with van der Waals surface area (Å²) in [4.78, 5) is -0.997. The molecule has 1 aromatic rings. The van der Waals surface area contributed by atoms with Gasteiger partial charge in [-0.15, -0.1) is 0 Å². The molecule has 102 valence electrons. The summed E-state index contributed by atoms with van der Waals surface area (Å²) < 4.78 is 62.5. The lowest BCUT2D eigenvalue weighted by Crippen LogP contribution is -2.09. The number of nitrogens with one attached hydrogen (secondary N) is 2. The Morgan fingerprint density at radius 3 is 1.28 bits per heavy atom. The Morgan fingerprint density at radius 2 is 1.11 bits per heavy atom. The highest BCUT2D eigenvalue weighted by Gasteiger charge is 2.23. The van der Waals surface area contributed by atoms with Crippen LogP contribution in [0.5, 0.6) is 0 Å². The molecule has 0 aliphatic carbocycles. The Bertz CT molecular complexity index is 605. The highest BCUT2D eigenvalue weighted by molar-refractivity contribution is 7.86. The zero-order valence-electron chi connectivity index (χ0n) is 9.50. The molecule has 0 unspecified atom stereocenters. The summed E-state index contributed by atoms with van der Waals surface area (Å²) in [6.45, 7) is 0. The summed E-state index contributed by atoms with van der Waals surface area (Å²) in [6, 6.07) is 1.81. The van der Waals surface area contributed by atoms with Crippen molar-refractivity contribution in [3.8, 4) is 0 Å². The fourth-order valence-electron chi connectivity index (χ4n) is 1.38. The average Bonchev–Trinajstić information content (AvgIpc) is 2.24. The quantitative estimate of drug-likeness (QED) is 0.582. The molecule has 1 rings (SSSR count). The van der Waals surface area contributed by atoms with Crippen LogP contribution in [-0.2, 0) is 20.2 Å². The summed E-state index contributed by atoms with van der Waals surface area (Å²) in [5, 5.41) is 4.85. The third kappa shape index (κ3) is 2.90. The number of anilines is 2. The Balaban J connectivity index is 3.74. The first kappa shape index (κ1) is 14.7. The zero-order valence-corrected chi connectivity index (χ0v) is 11.1. The first-order chi connectivity index (χ1) is 8.11. The van der Waals surface area contributed by atoms with E-state index in [9.17, 15) is 16.8 Å². The van der Waals surface area contributed by atoms with Gasteiger partial charge < -0.3 is 10.6 Å². The van der Waals surface area contributed by atoms with Crippen molar-refractivity contribution in [3.63, 3.8) is 0 Å². The molecule has 0 heterocycles. The number of rotatable bonds is 4. The van der Waals surface area contributed by atoms with Crippen LogP contribution in [0.3, 0.4) is 0 Å².